The maximum atomic E-state index is 13.1. The molecular weight excluding hydrogens is 433 g/mol. The van der Waals surface area contributed by atoms with Gasteiger partial charge in [0.2, 0.25) is 5.95 Å². The molecule has 0 aliphatic heterocycles. The van der Waals surface area contributed by atoms with Crippen molar-refractivity contribution >= 4 is 34.6 Å². The molecule has 0 aliphatic carbocycles. The molecule has 170 valence electrons. The molecule has 0 saturated heterocycles. The summed E-state index contributed by atoms with van der Waals surface area (Å²) in [5, 5.41) is 13.4. The Morgan fingerprint density at radius 3 is 2.27 bits per heavy atom. The lowest BCUT2D eigenvalue weighted by Crippen LogP contribution is -2.08. The molecule has 0 amide bonds. The van der Waals surface area contributed by atoms with Gasteiger partial charge in [-0.2, -0.15) is 28.2 Å². The van der Waals surface area contributed by atoms with Gasteiger partial charge < -0.3 is 21.7 Å². The summed E-state index contributed by atoms with van der Waals surface area (Å²) in [6, 6.07) is 11.9. The van der Waals surface area contributed by atoms with Gasteiger partial charge in [0.15, 0.2) is 0 Å². The van der Waals surface area contributed by atoms with Gasteiger partial charge in [-0.1, -0.05) is 18.2 Å². The molecule has 0 spiro atoms. The molecule has 5 N–H and O–H groups in total. The third-order valence-electron chi connectivity index (χ3n) is 4.76. The van der Waals surface area contributed by atoms with E-state index in [1.54, 1.807) is 49.4 Å². The van der Waals surface area contributed by atoms with E-state index in [1.807, 2.05) is 6.07 Å². The molecule has 2 heterocycles. The number of hydrogen-bond donors (Lipinski definition) is 4. The van der Waals surface area contributed by atoms with Gasteiger partial charge in [-0.3, -0.25) is 4.68 Å². The number of rotatable bonds is 6. The predicted molar refractivity (Wildman–Crippen MR) is 123 cm³/mol. The topological polar surface area (TPSA) is 106 Å². The summed E-state index contributed by atoms with van der Waals surface area (Å²) in [5.41, 5.74) is 8.06. The summed E-state index contributed by atoms with van der Waals surface area (Å²) < 4.78 is 40.8. The Hall–Kier alpha value is -4.28. The molecule has 0 fully saturated rings. The van der Waals surface area contributed by atoms with E-state index < -0.39 is 11.7 Å². The van der Waals surface area contributed by atoms with Crippen LogP contribution in [-0.4, -0.2) is 26.8 Å². The van der Waals surface area contributed by atoms with Crippen molar-refractivity contribution in [1.82, 2.24) is 19.7 Å². The number of halogens is 3. The van der Waals surface area contributed by atoms with Crippen molar-refractivity contribution in [2.24, 2.45) is 7.05 Å². The van der Waals surface area contributed by atoms with Gasteiger partial charge in [0.05, 0.1) is 23.0 Å². The molecule has 11 heteroatoms. The van der Waals surface area contributed by atoms with Crippen LogP contribution in [0.5, 0.6) is 0 Å². The van der Waals surface area contributed by atoms with Crippen LogP contribution in [0.2, 0.25) is 0 Å². The fourth-order valence-corrected chi connectivity index (χ4v) is 3.26. The number of nitrogens with one attached hydrogen (secondary N) is 3. The fourth-order valence-electron chi connectivity index (χ4n) is 3.26. The zero-order valence-electron chi connectivity index (χ0n) is 17.8. The Morgan fingerprint density at radius 1 is 0.939 bits per heavy atom. The van der Waals surface area contributed by atoms with Gasteiger partial charge in [-0.25, -0.2) is 0 Å². The Bertz CT molecular complexity index is 1270. The molecule has 0 atom stereocenters. The van der Waals surface area contributed by atoms with Crippen LogP contribution >= 0.6 is 0 Å². The van der Waals surface area contributed by atoms with E-state index in [0.29, 0.717) is 39.8 Å². The summed E-state index contributed by atoms with van der Waals surface area (Å²) in [4.78, 5) is 9.09. The van der Waals surface area contributed by atoms with Gasteiger partial charge >= 0.3 is 6.18 Å². The molecule has 0 saturated carbocycles. The molecule has 0 aliphatic rings. The van der Waals surface area contributed by atoms with E-state index in [0.717, 1.165) is 12.1 Å². The van der Waals surface area contributed by atoms with Crippen LogP contribution in [0.4, 0.5) is 47.8 Å². The number of anilines is 6. The quantitative estimate of drug-likeness (QED) is 0.304. The van der Waals surface area contributed by atoms with Crippen LogP contribution in [0.25, 0.3) is 11.1 Å². The van der Waals surface area contributed by atoms with E-state index in [1.165, 1.54) is 12.1 Å². The first-order valence-electron chi connectivity index (χ1n) is 9.88. The third-order valence-corrected chi connectivity index (χ3v) is 4.76. The normalized spacial score (nSPS) is 11.3. The zero-order chi connectivity index (χ0) is 23.6. The maximum Gasteiger partial charge on any atom is 0.416 e. The van der Waals surface area contributed by atoms with E-state index in [9.17, 15) is 13.2 Å². The number of nitrogens with two attached hydrogens (primary N) is 1. The number of aryl methyl sites for hydroxylation is 1. The van der Waals surface area contributed by atoms with Crippen molar-refractivity contribution in [2.75, 3.05) is 28.7 Å². The van der Waals surface area contributed by atoms with Crippen molar-refractivity contribution in [3.63, 3.8) is 0 Å². The molecule has 4 rings (SSSR count). The van der Waals surface area contributed by atoms with Crippen molar-refractivity contribution in [3.05, 3.63) is 66.5 Å². The molecule has 33 heavy (non-hydrogen) atoms. The third kappa shape index (κ3) is 4.97. The lowest BCUT2D eigenvalue weighted by atomic mass is 10.0. The van der Waals surface area contributed by atoms with Gasteiger partial charge in [0, 0.05) is 31.7 Å². The molecule has 4 aromatic rings. The van der Waals surface area contributed by atoms with E-state index in [-0.39, 0.29) is 5.95 Å². The minimum absolute atomic E-state index is 0.273. The van der Waals surface area contributed by atoms with Gasteiger partial charge in [0.25, 0.3) is 0 Å². The second kappa shape index (κ2) is 8.69. The SMILES string of the molecule is CNc1nc(Nc2cnn(C)c2)nc(Nc2cccc(N)c2)c1-c1ccc(C(F)(F)F)cc1. The average molecular weight is 454 g/mol. The number of aromatic nitrogens is 4. The summed E-state index contributed by atoms with van der Waals surface area (Å²) in [7, 11) is 3.46. The lowest BCUT2D eigenvalue weighted by Gasteiger charge is -2.17. The summed E-state index contributed by atoms with van der Waals surface area (Å²) in [5.74, 6) is 1.07. The molecule has 2 aromatic carbocycles. The number of hydrogen-bond acceptors (Lipinski definition) is 7. The van der Waals surface area contributed by atoms with E-state index in [4.69, 9.17) is 5.73 Å². The van der Waals surface area contributed by atoms with Crippen LogP contribution in [0, 0.1) is 0 Å². The molecule has 0 radical (unpaired) electrons. The van der Waals surface area contributed by atoms with Crippen molar-refractivity contribution in [1.29, 1.82) is 0 Å². The van der Waals surface area contributed by atoms with Crippen molar-refractivity contribution in [3.8, 4) is 11.1 Å². The highest BCUT2D eigenvalue weighted by molar-refractivity contribution is 5.88. The summed E-state index contributed by atoms with van der Waals surface area (Å²) >= 11 is 0. The minimum Gasteiger partial charge on any atom is -0.399 e. The molecule has 8 nitrogen and oxygen atoms in total. The monoisotopic (exact) mass is 454 g/mol. The largest absolute Gasteiger partial charge is 0.416 e. The number of nitrogen functional groups attached to an aromatic ring is 1. The first-order chi connectivity index (χ1) is 15.7. The molecule has 2 aromatic heterocycles. The van der Waals surface area contributed by atoms with Gasteiger partial charge in [0.1, 0.15) is 11.6 Å². The second-order valence-corrected chi connectivity index (χ2v) is 7.22. The maximum absolute atomic E-state index is 13.1. The zero-order valence-corrected chi connectivity index (χ0v) is 17.8. The Balaban J connectivity index is 1.82. The van der Waals surface area contributed by atoms with Crippen molar-refractivity contribution in [2.45, 2.75) is 6.18 Å². The Kier molecular flexibility index (Phi) is 5.78. The van der Waals surface area contributed by atoms with Crippen LogP contribution in [0.3, 0.4) is 0 Å². The van der Waals surface area contributed by atoms with Crippen LogP contribution in [0.1, 0.15) is 5.56 Å². The highest BCUT2D eigenvalue weighted by atomic mass is 19.4. The lowest BCUT2D eigenvalue weighted by molar-refractivity contribution is -0.137. The van der Waals surface area contributed by atoms with Gasteiger partial charge in [-0.05, 0) is 35.9 Å². The molecular formula is C22H21F3N8. The first-order valence-corrected chi connectivity index (χ1v) is 9.88. The Labute approximate surface area is 187 Å². The predicted octanol–water partition coefficient (Wildman–Crippen LogP) is 5.01. The standard InChI is InChI=1S/C22H21F3N8/c1-27-19-18(13-6-8-14(9-7-13)22(23,24)25)20(29-16-5-3-4-15(26)10-16)32-21(31-19)30-17-11-28-33(2)12-17/h3-12H,26H2,1-2H3,(H3,27,29,30,31,32). The molecule has 0 bridgehead atoms. The minimum atomic E-state index is -4.43. The average Bonchev–Trinajstić information content (AvgIpc) is 3.17. The highest BCUT2D eigenvalue weighted by Gasteiger charge is 2.30. The van der Waals surface area contributed by atoms with Crippen LogP contribution in [-0.2, 0) is 13.2 Å². The highest BCUT2D eigenvalue weighted by Crippen LogP contribution is 2.38. The van der Waals surface area contributed by atoms with Crippen LogP contribution < -0.4 is 21.7 Å². The first kappa shape index (κ1) is 21.9. The smallest absolute Gasteiger partial charge is 0.399 e. The van der Waals surface area contributed by atoms with Crippen molar-refractivity contribution < 1.29 is 13.2 Å². The Morgan fingerprint density at radius 2 is 1.67 bits per heavy atom. The summed E-state index contributed by atoms with van der Waals surface area (Å²) in [6.45, 7) is 0. The number of nitrogens with zero attached hydrogens (tertiary/aromatic N) is 4. The summed E-state index contributed by atoms with van der Waals surface area (Å²) in [6.07, 6.45) is -1.05. The second-order valence-electron chi connectivity index (χ2n) is 7.22. The fraction of sp³-hybridized carbons (Fsp3) is 0.136. The van der Waals surface area contributed by atoms with Crippen LogP contribution in [0.15, 0.2) is 60.9 Å². The molecule has 0 unspecified atom stereocenters. The van der Waals surface area contributed by atoms with E-state index >= 15 is 0 Å². The number of alkyl halides is 3. The van der Waals surface area contributed by atoms with Gasteiger partial charge in [-0.15, -0.1) is 0 Å². The van der Waals surface area contributed by atoms with E-state index in [2.05, 4.69) is 31.0 Å². The number of benzene rings is 2.